The number of carbonyl (C=O) groups is 1. The van der Waals surface area contributed by atoms with Crippen molar-refractivity contribution in [1.82, 2.24) is 40.5 Å². The minimum atomic E-state index is -4.57. The van der Waals surface area contributed by atoms with Crippen molar-refractivity contribution in [2.75, 3.05) is 5.32 Å². The van der Waals surface area contributed by atoms with Crippen LogP contribution in [0.3, 0.4) is 0 Å². The Morgan fingerprint density at radius 1 is 1.23 bits per heavy atom. The maximum Gasteiger partial charge on any atom is 0.433 e. The van der Waals surface area contributed by atoms with Gasteiger partial charge in [0.05, 0.1) is 4.88 Å². The number of hydrogen-bond acceptors (Lipinski definition) is 10. The van der Waals surface area contributed by atoms with Gasteiger partial charge < -0.3 is 15.7 Å². The quantitative estimate of drug-likeness (QED) is 0.309. The molecule has 4 aromatic rings. The number of rotatable bonds is 7. The summed E-state index contributed by atoms with van der Waals surface area (Å²) in [5.41, 5.74) is 0.0383. The summed E-state index contributed by atoms with van der Waals surface area (Å²) >= 11 is 1.36. The summed E-state index contributed by atoms with van der Waals surface area (Å²) < 4.78 is 40.4. The lowest BCUT2D eigenvalue weighted by Crippen LogP contribution is -2.43. The van der Waals surface area contributed by atoms with Crippen molar-refractivity contribution in [3.05, 3.63) is 59.3 Å². The van der Waals surface area contributed by atoms with E-state index >= 15 is 0 Å². The fraction of sp³-hybridized carbons (Fsp3) is 0.375. The fourth-order valence-electron chi connectivity index (χ4n) is 4.45. The van der Waals surface area contributed by atoms with Crippen LogP contribution in [-0.2, 0) is 23.1 Å². The normalized spacial score (nSPS) is 19.6. The van der Waals surface area contributed by atoms with Crippen molar-refractivity contribution in [2.24, 2.45) is 0 Å². The molecule has 1 aromatic carbocycles. The predicted molar refractivity (Wildman–Crippen MR) is 135 cm³/mol. The molecule has 1 amide bonds. The lowest BCUT2D eigenvalue weighted by Gasteiger charge is -2.34. The number of halogens is 3. The third-order valence-electron chi connectivity index (χ3n) is 6.34. The van der Waals surface area contributed by atoms with E-state index in [0.29, 0.717) is 36.4 Å². The Morgan fingerprint density at radius 2 is 2.03 bits per heavy atom. The van der Waals surface area contributed by atoms with E-state index in [4.69, 9.17) is 0 Å². The topological polar surface area (TPSA) is 144 Å². The van der Waals surface area contributed by atoms with E-state index in [-0.39, 0.29) is 24.4 Å². The first-order chi connectivity index (χ1) is 18.6. The molecule has 3 aromatic heterocycles. The summed E-state index contributed by atoms with van der Waals surface area (Å²) in [6.45, 7) is 1.89. The number of aliphatic hydroxyl groups is 1. The Morgan fingerprint density at radius 3 is 2.74 bits per heavy atom. The van der Waals surface area contributed by atoms with Crippen molar-refractivity contribution in [3.63, 3.8) is 0 Å². The number of nitrogens with zero attached hydrogens (tertiary/aromatic N) is 7. The maximum absolute atomic E-state index is 13.0. The molecule has 0 saturated heterocycles. The Hall–Kier alpha value is -3.98. The molecule has 15 heteroatoms. The number of nitrogens with one attached hydrogen (secondary N) is 2. The van der Waals surface area contributed by atoms with Crippen LogP contribution in [0.1, 0.15) is 41.9 Å². The Bertz CT molecular complexity index is 1450. The molecule has 1 saturated carbocycles. The number of thiazole rings is 1. The molecule has 1 fully saturated rings. The molecule has 11 nitrogen and oxygen atoms in total. The van der Waals surface area contributed by atoms with Crippen LogP contribution in [0.15, 0.2) is 43.0 Å². The lowest BCUT2D eigenvalue weighted by atomic mass is 9.82. The van der Waals surface area contributed by atoms with Gasteiger partial charge in [0.15, 0.2) is 0 Å². The van der Waals surface area contributed by atoms with Gasteiger partial charge in [0.2, 0.25) is 11.9 Å². The third kappa shape index (κ3) is 6.37. The summed E-state index contributed by atoms with van der Waals surface area (Å²) in [6.07, 6.45) is 1.57. The van der Waals surface area contributed by atoms with Crippen LogP contribution in [0, 0.1) is 6.92 Å². The Kier molecular flexibility index (Phi) is 7.27. The van der Waals surface area contributed by atoms with Gasteiger partial charge in [-0.2, -0.15) is 13.2 Å². The average molecular weight is 560 g/mol. The SMILES string of the molecule is Cc1cc(Nc2nccc(C(F)(F)F)n2)cc(-c2cnc([C@]3(O)CC[C@@H](NC(=O)Cn4cnnn4)CC3)s2)c1. The molecule has 204 valence electrons. The molecule has 0 aliphatic heterocycles. The first-order valence-electron chi connectivity index (χ1n) is 12.1. The van der Waals surface area contributed by atoms with Gasteiger partial charge in [-0.05, 0) is 72.4 Å². The van der Waals surface area contributed by atoms with Gasteiger partial charge in [0, 0.05) is 24.1 Å². The molecular formula is C24H24F3N9O2S. The van der Waals surface area contributed by atoms with Crippen molar-refractivity contribution in [2.45, 2.75) is 57.0 Å². The highest BCUT2D eigenvalue weighted by molar-refractivity contribution is 7.15. The van der Waals surface area contributed by atoms with E-state index in [2.05, 4.69) is 41.1 Å². The van der Waals surface area contributed by atoms with E-state index in [1.54, 1.807) is 18.3 Å². The molecule has 1 aliphatic rings. The minimum absolute atomic E-state index is 0.0246. The number of carbonyl (C=O) groups excluding carboxylic acids is 1. The monoisotopic (exact) mass is 559 g/mol. The van der Waals surface area contributed by atoms with Crippen molar-refractivity contribution < 1.29 is 23.1 Å². The molecule has 1 aliphatic carbocycles. The van der Waals surface area contributed by atoms with E-state index < -0.39 is 17.5 Å². The van der Waals surface area contributed by atoms with Gasteiger partial charge in [-0.25, -0.2) is 19.6 Å². The van der Waals surface area contributed by atoms with Crippen LogP contribution >= 0.6 is 11.3 Å². The number of aryl methyl sites for hydroxylation is 1. The largest absolute Gasteiger partial charge is 0.433 e. The number of alkyl halides is 3. The molecular weight excluding hydrogens is 535 g/mol. The molecule has 0 spiro atoms. The van der Waals surface area contributed by atoms with Gasteiger partial charge in [0.25, 0.3) is 0 Å². The summed E-state index contributed by atoms with van der Waals surface area (Å²) in [6, 6.07) is 6.22. The highest BCUT2D eigenvalue weighted by Gasteiger charge is 2.38. The lowest BCUT2D eigenvalue weighted by molar-refractivity contribution is -0.141. The van der Waals surface area contributed by atoms with Crippen molar-refractivity contribution in [3.8, 4) is 10.4 Å². The molecule has 5 rings (SSSR count). The first kappa shape index (κ1) is 26.6. The second-order valence-electron chi connectivity index (χ2n) is 9.39. The fourth-order valence-corrected chi connectivity index (χ4v) is 5.50. The standard InChI is InChI=1S/C24H24F3N9O2S/c1-14-8-15(10-17(9-14)32-22-28-7-4-19(33-22)24(25,26)27)18-11-29-21(39-18)23(38)5-2-16(3-6-23)31-20(37)12-36-13-30-34-35-36/h4,7-11,13,16,38H,2-3,5-6,12H2,1H3,(H,31,37)(H,28,32,33)/t16-,23+. The predicted octanol–water partition coefficient (Wildman–Crippen LogP) is 3.60. The average Bonchev–Trinajstić information content (AvgIpc) is 3.58. The van der Waals surface area contributed by atoms with E-state index in [0.717, 1.165) is 28.3 Å². The minimum Gasteiger partial charge on any atom is -0.383 e. The molecule has 0 atom stereocenters. The molecule has 3 heterocycles. The summed E-state index contributed by atoms with van der Waals surface area (Å²) in [5.74, 6) is -0.365. The number of aromatic nitrogens is 7. The highest BCUT2D eigenvalue weighted by Crippen LogP contribution is 2.41. The van der Waals surface area contributed by atoms with Gasteiger partial charge in [-0.3, -0.25) is 4.79 Å². The van der Waals surface area contributed by atoms with Crippen LogP contribution in [0.2, 0.25) is 0 Å². The first-order valence-corrected chi connectivity index (χ1v) is 12.9. The van der Waals surface area contributed by atoms with E-state index in [9.17, 15) is 23.1 Å². The zero-order valence-corrected chi connectivity index (χ0v) is 21.5. The van der Waals surface area contributed by atoms with Gasteiger partial charge in [-0.1, -0.05) is 6.07 Å². The van der Waals surface area contributed by atoms with Gasteiger partial charge >= 0.3 is 6.18 Å². The third-order valence-corrected chi connectivity index (χ3v) is 7.58. The highest BCUT2D eigenvalue weighted by atomic mass is 32.1. The molecule has 39 heavy (non-hydrogen) atoms. The van der Waals surface area contributed by atoms with Gasteiger partial charge in [-0.15, -0.1) is 16.4 Å². The summed E-state index contributed by atoms with van der Waals surface area (Å²) in [4.78, 5) is 25.0. The maximum atomic E-state index is 13.0. The number of benzene rings is 1. The zero-order chi connectivity index (χ0) is 27.6. The molecule has 0 bridgehead atoms. The number of anilines is 2. The number of hydrogen-bond donors (Lipinski definition) is 3. The Balaban J connectivity index is 1.25. The Labute approximate surface area is 224 Å². The van der Waals surface area contributed by atoms with Crippen LogP contribution in [0.5, 0.6) is 0 Å². The van der Waals surface area contributed by atoms with Crippen LogP contribution in [0.4, 0.5) is 24.8 Å². The molecule has 0 radical (unpaired) electrons. The second kappa shape index (κ2) is 10.6. The summed E-state index contributed by atoms with van der Waals surface area (Å²) in [7, 11) is 0. The van der Waals surface area contributed by atoms with Gasteiger partial charge in [0.1, 0.15) is 29.2 Å². The second-order valence-corrected chi connectivity index (χ2v) is 10.4. The van der Waals surface area contributed by atoms with Crippen LogP contribution < -0.4 is 10.6 Å². The van der Waals surface area contributed by atoms with Crippen LogP contribution in [0.25, 0.3) is 10.4 Å². The van der Waals surface area contributed by atoms with Crippen molar-refractivity contribution >= 4 is 28.9 Å². The number of amides is 1. The smallest absolute Gasteiger partial charge is 0.383 e. The summed E-state index contributed by atoms with van der Waals surface area (Å²) in [5, 5.41) is 28.4. The van der Waals surface area contributed by atoms with Crippen LogP contribution in [-0.4, -0.2) is 52.2 Å². The van der Waals surface area contributed by atoms with E-state index in [1.807, 2.05) is 13.0 Å². The van der Waals surface area contributed by atoms with Crippen molar-refractivity contribution in [1.29, 1.82) is 0 Å². The van der Waals surface area contributed by atoms with E-state index in [1.165, 1.54) is 22.3 Å². The molecule has 3 N–H and O–H groups in total. The molecule has 0 unspecified atom stereocenters. The zero-order valence-electron chi connectivity index (χ0n) is 20.7. The number of tetrazole rings is 1.